The lowest BCUT2D eigenvalue weighted by molar-refractivity contribution is -0.206. The molecule has 8 nitrogen and oxygen atoms in total. The number of nitrogens with zero attached hydrogens (tertiary/aromatic N) is 2. The van der Waals surface area contributed by atoms with Gasteiger partial charge in [0.15, 0.2) is 16.7 Å². The molecule has 1 aromatic heterocycles. The number of sulfonamides is 1. The van der Waals surface area contributed by atoms with Crippen LogP contribution in [-0.4, -0.2) is 62.3 Å². The number of halogens is 3. The molecule has 0 saturated heterocycles. The van der Waals surface area contributed by atoms with E-state index in [1.54, 1.807) is 30.3 Å². The molecule has 0 saturated carbocycles. The molecule has 0 radical (unpaired) electrons. The Kier molecular flexibility index (Phi) is 7.39. The molecule has 1 unspecified atom stereocenters. The van der Waals surface area contributed by atoms with Crippen LogP contribution in [0.2, 0.25) is 0 Å². The first-order chi connectivity index (χ1) is 14.0. The molecule has 30 heavy (non-hydrogen) atoms. The number of carbonyl (C=O) groups is 1. The van der Waals surface area contributed by atoms with Gasteiger partial charge >= 0.3 is 6.18 Å². The number of benzene rings is 1. The maximum absolute atomic E-state index is 13.1. The average molecular weight is 447 g/mol. The van der Waals surface area contributed by atoms with Gasteiger partial charge in [0.1, 0.15) is 5.75 Å². The molecule has 0 bridgehead atoms. The van der Waals surface area contributed by atoms with Crippen LogP contribution in [0.3, 0.4) is 0 Å². The highest BCUT2D eigenvalue weighted by molar-refractivity contribution is 7.89. The number of nitrogens with one attached hydrogen (secondary N) is 1. The van der Waals surface area contributed by atoms with Crippen molar-refractivity contribution in [3.63, 3.8) is 0 Å². The summed E-state index contributed by atoms with van der Waals surface area (Å²) in [5.74, 6) is -1.33. The van der Waals surface area contributed by atoms with Crippen molar-refractivity contribution in [3.8, 4) is 5.75 Å². The van der Waals surface area contributed by atoms with Crippen LogP contribution in [0.1, 0.15) is 16.1 Å². The zero-order valence-corrected chi connectivity index (χ0v) is 16.9. The lowest BCUT2D eigenvalue weighted by Crippen LogP contribution is -2.44. The molecule has 164 valence electrons. The maximum atomic E-state index is 13.1. The fourth-order valence-corrected chi connectivity index (χ4v) is 3.61. The molecular formula is C18H20F3N3O5S. The van der Waals surface area contributed by atoms with E-state index in [0.29, 0.717) is 10.5 Å². The Bertz CT molecular complexity index is 984. The first-order valence-electron chi connectivity index (χ1n) is 8.55. The normalized spacial score (nSPS) is 13.0. The lowest BCUT2D eigenvalue weighted by Gasteiger charge is -2.27. The summed E-state index contributed by atoms with van der Waals surface area (Å²) in [6.07, 6.45) is -6.71. The zero-order valence-electron chi connectivity index (χ0n) is 16.0. The van der Waals surface area contributed by atoms with Gasteiger partial charge in [-0.15, -0.1) is 0 Å². The molecule has 0 spiro atoms. The quantitative estimate of drug-likeness (QED) is 0.636. The third-order valence-corrected chi connectivity index (χ3v) is 5.57. The molecule has 1 aromatic carbocycles. The van der Waals surface area contributed by atoms with E-state index in [1.807, 2.05) is 4.72 Å². The van der Waals surface area contributed by atoms with Crippen molar-refractivity contribution >= 4 is 15.9 Å². The third kappa shape index (κ3) is 5.46. The molecule has 12 heteroatoms. The fourth-order valence-electron chi connectivity index (χ4n) is 2.59. The molecular weight excluding hydrogens is 427 g/mol. The van der Waals surface area contributed by atoms with Crippen LogP contribution in [0.25, 0.3) is 0 Å². The van der Waals surface area contributed by atoms with E-state index in [2.05, 4.69) is 4.98 Å². The van der Waals surface area contributed by atoms with Crippen molar-refractivity contribution in [2.75, 3.05) is 20.7 Å². The molecule has 0 aliphatic carbocycles. The van der Waals surface area contributed by atoms with E-state index in [-0.39, 0.29) is 12.3 Å². The van der Waals surface area contributed by atoms with E-state index >= 15 is 0 Å². The van der Waals surface area contributed by atoms with E-state index in [9.17, 15) is 31.5 Å². The van der Waals surface area contributed by atoms with Gasteiger partial charge in [-0.2, -0.15) is 13.2 Å². The molecule has 0 aliphatic heterocycles. The highest BCUT2D eigenvalue weighted by Crippen LogP contribution is 2.28. The largest absolute Gasteiger partial charge is 0.495 e. The predicted molar refractivity (Wildman–Crippen MR) is 100 cm³/mol. The predicted octanol–water partition coefficient (Wildman–Crippen LogP) is 1.56. The van der Waals surface area contributed by atoms with Crippen LogP contribution in [0, 0.1) is 0 Å². The average Bonchev–Trinajstić information content (AvgIpc) is 2.72. The van der Waals surface area contributed by atoms with Gasteiger partial charge in [-0.3, -0.25) is 4.79 Å². The highest BCUT2D eigenvalue weighted by atomic mass is 32.2. The van der Waals surface area contributed by atoms with Crippen LogP contribution < -0.4 is 9.46 Å². The van der Waals surface area contributed by atoms with E-state index in [1.165, 1.54) is 13.2 Å². The summed E-state index contributed by atoms with van der Waals surface area (Å²) >= 11 is 0. The molecule has 0 fully saturated rings. The Morgan fingerprint density at radius 3 is 2.43 bits per heavy atom. The number of ether oxygens (including phenoxy) is 1. The standard InChI is InChI=1S/C18H20F3N3O5S/c1-22-30(27,28)16-13(29-2)8-9-23-15(16)17(26)24(11-14(25)18(19,20)21)10-12-6-4-3-5-7-12/h3-9,14,22,25H,10-11H2,1-2H3. The van der Waals surface area contributed by atoms with Gasteiger partial charge in [0, 0.05) is 12.7 Å². The minimum Gasteiger partial charge on any atom is -0.495 e. The third-order valence-electron chi connectivity index (χ3n) is 4.10. The number of amides is 1. The first kappa shape index (κ1) is 23.6. The maximum Gasteiger partial charge on any atom is 0.416 e. The Morgan fingerprint density at radius 2 is 1.90 bits per heavy atom. The summed E-state index contributed by atoms with van der Waals surface area (Å²) in [5.41, 5.74) is -0.157. The topological polar surface area (TPSA) is 109 Å². The first-order valence-corrected chi connectivity index (χ1v) is 10.0. The van der Waals surface area contributed by atoms with Crippen LogP contribution in [0.5, 0.6) is 5.75 Å². The SMILES string of the molecule is CNS(=O)(=O)c1c(OC)ccnc1C(=O)N(Cc1ccccc1)CC(O)C(F)(F)F. The number of hydrogen-bond acceptors (Lipinski definition) is 6. The monoisotopic (exact) mass is 447 g/mol. The number of pyridine rings is 1. The van der Waals surface area contributed by atoms with Crippen molar-refractivity contribution < 1.29 is 36.2 Å². The van der Waals surface area contributed by atoms with Gasteiger partial charge in [-0.1, -0.05) is 30.3 Å². The second-order valence-electron chi connectivity index (χ2n) is 6.13. The fraction of sp³-hybridized carbons (Fsp3) is 0.333. The van der Waals surface area contributed by atoms with Gasteiger partial charge in [0.2, 0.25) is 10.0 Å². The van der Waals surface area contributed by atoms with Crippen LogP contribution >= 0.6 is 0 Å². The second-order valence-corrected chi connectivity index (χ2v) is 7.95. The molecule has 1 heterocycles. The van der Waals surface area contributed by atoms with Crippen molar-refractivity contribution in [2.45, 2.75) is 23.7 Å². The van der Waals surface area contributed by atoms with Crippen LogP contribution in [0.4, 0.5) is 13.2 Å². The summed E-state index contributed by atoms with van der Waals surface area (Å²) < 4.78 is 70.7. The van der Waals surface area contributed by atoms with Gasteiger partial charge < -0.3 is 14.7 Å². The summed E-state index contributed by atoms with van der Waals surface area (Å²) in [7, 11) is -1.97. The van der Waals surface area contributed by atoms with Crippen molar-refractivity contribution in [2.24, 2.45) is 0 Å². The number of aromatic nitrogens is 1. The summed E-state index contributed by atoms with van der Waals surface area (Å²) in [4.78, 5) is 17.0. The highest BCUT2D eigenvalue weighted by Gasteiger charge is 2.41. The van der Waals surface area contributed by atoms with E-state index < -0.39 is 45.3 Å². The minimum atomic E-state index is -4.98. The summed E-state index contributed by atoms with van der Waals surface area (Å²) in [5, 5.41) is 9.51. The number of alkyl halides is 3. The molecule has 2 aromatic rings. The Hall–Kier alpha value is -2.70. The molecule has 1 amide bonds. The van der Waals surface area contributed by atoms with E-state index in [4.69, 9.17) is 4.74 Å². The molecule has 2 N–H and O–H groups in total. The Morgan fingerprint density at radius 1 is 1.27 bits per heavy atom. The van der Waals surface area contributed by atoms with Crippen LogP contribution in [0.15, 0.2) is 47.5 Å². The van der Waals surface area contributed by atoms with Gasteiger partial charge in [0.05, 0.1) is 13.7 Å². The number of hydrogen-bond donors (Lipinski definition) is 2. The Labute approximate surface area is 171 Å². The second kappa shape index (κ2) is 9.41. The number of aliphatic hydroxyl groups is 1. The number of carbonyl (C=O) groups excluding carboxylic acids is 1. The zero-order chi connectivity index (χ0) is 22.5. The van der Waals surface area contributed by atoms with Gasteiger partial charge in [-0.25, -0.2) is 18.1 Å². The van der Waals surface area contributed by atoms with Gasteiger partial charge in [0.25, 0.3) is 5.91 Å². The molecule has 0 aliphatic rings. The number of methoxy groups -OCH3 is 1. The smallest absolute Gasteiger partial charge is 0.416 e. The molecule has 1 atom stereocenters. The Balaban J connectivity index is 2.55. The molecule has 2 rings (SSSR count). The summed E-state index contributed by atoms with van der Waals surface area (Å²) in [6.45, 7) is -1.43. The lowest BCUT2D eigenvalue weighted by atomic mass is 10.2. The minimum absolute atomic E-state index is 0.210. The van der Waals surface area contributed by atoms with Crippen LogP contribution in [-0.2, 0) is 16.6 Å². The van der Waals surface area contributed by atoms with E-state index in [0.717, 1.165) is 13.2 Å². The van der Waals surface area contributed by atoms with Crippen molar-refractivity contribution in [1.82, 2.24) is 14.6 Å². The number of rotatable bonds is 8. The summed E-state index contributed by atoms with van der Waals surface area (Å²) in [6, 6.07) is 9.28. The van der Waals surface area contributed by atoms with Crippen molar-refractivity contribution in [3.05, 3.63) is 53.9 Å². The number of aliphatic hydroxyl groups excluding tert-OH is 1. The van der Waals surface area contributed by atoms with Gasteiger partial charge in [-0.05, 0) is 18.7 Å². The van der Waals surface area contributed by atoms with Crippen molar-refractivity contribution in [1.29, 1.82) is 0 Å².